The third kappa shape index (κ3) is 2.49. The van der Waals surface area contributed by atoms with Gasteiger partial charge in [0.05, 0.1) is 7.85 Å². The Balaban J connectivity index is 0.000000184. The first-order valence-electron chi connectivity index (χ1n) is 5.26. The molecular weight excluding hydrogens is 155 g/mol. The van der Waals surface area contributed by atoms with Crippen LogP contribution in [0.3, 0.4) is 0 Å². The molecule has 1 heteroatoms. The summed E-state index contributed by atoms with van der Waals surface area (Å²) in [5.41, 5.74) is 0.671. The Morgan fingerprint density at radius 1 is 1.69 bits per heavy atom. The van der Waals surface area contributed by atoms with Gasteiger partial charge in [-0.25, -0.2) is 0 Å². The predicted octanol–water partition coefficient (Wildman–Crippen LogP) is 3.51. The van der Waals surface area contributed by atoms with E-state index in [9.17, 15) is 0 Å². The van der Waals surface area contributed by atoms with Gasteiger partial charge in [-0.2, -0.15) is 0 Å². The standard InChI is InChI=1S/C9H14.C3H5B/c1-2-9-5-3-8(7-9)4-6-9;1-2-3-4/h3,5,8H,2,4,6-7H2,1H3;2H,1,3H2. The molecule has 0 aliphatic heterocycles. The van der Waals surface area contributed by atoms with Crippen molar-refractivity contribution in [1.29, 1.82) is 0 Å². The maximum Gasteiger partial charge on any atom is 0.0708 e. The van der Waals surface area contributed by atoms with Crippen molar-refractivity contribution in [2.75, 3.05) is 0 Å². The maximum atomic E-state index is 4.91. The molecule has 2 radical (unpaired) electrons. The normalized spacial score (nSPS) is 34.1. The summed E-state index contributed by atoms with van der Waals surface area (Å²) in [7, 11) is 4.91. The summed E-state index contributed by atoms with van der Waals surface area (Å²) < 4.78 is 0. The summed E-state index contributed by atoms with van der Waals surface area (Å²) in [4.78, 5) is 0. The van der Waals surface area contributed by atoms with E-state index in [1.807, 2.05) is 0 Å². The number of fused-ring (bicyclic) bond motifs is 2. The van der Waals surface area contributed by atoms with E-state index in [2.05, 4.69) is 25.7 Å². The first-order valence-corrected chi connectivity index (χ1v) is 5.26. The third-order valence-electron chi connectivity index (χ3n) is 3.27. The summed E-state index contributed by atoms with van der Waals surface area (Å²) in [5.74, 6) is 0.963. The molecule has 2 atom stereocenters. The predicted molar refractivity (Wildman–Crippen MR) is 60.0 cm³/mol. The lowest BCUT2D eigenvalue weighted by Gasteiger charge is -2.19. The van der Waals surface area contributed by atoms with E-state index in [4.69, 9.17) is 7.85 Å². The molecule has 2 unspecified atom stereocenters. The van der Waals surface area contributed by atoms with Crippen LogP contribution in [0.2, 0.25) is 6.32 Å². The van der Waals surface area contributed by atoms with Crippen molar-refractivity contribution >= 4 is 7.85 Å². The van der Waals surface area contributed by atoms with Gasteiger partial charge in [0.25, 0.3) is 0 Å². The molecule has 70 valence electrons. The van der Waals surface area contributed by atoms with Gasteiger partial charge in [-0.15, -0.1) is 12.7 Å². The Morgan fingerprint density at radius 3 is 2.54 bits per heavy atom. The second-order valence-corrected chi connectivity index (χ2v) is 4.10. The molecule has 2 rings (SSSR count). The molecule has 2 bridgehead atoms. The van der Waals surface area contributed by atoms with E-state index in [0.717, 1.165) is 5.92 Å². The largest absolute Gasteiger partial charge is 0.104 e. The molecule has 1 fully saturated rings. The monoisotopic (exact) mass is 174 g/mol. The summed E-state index contributed by atoms with van der Waals surface area (Å²) in [6.45, 7) is 5.67. The fraction of sp³-hybridized carbons (Fsp3) is 0.667. The second kappa shape index (κ2) is 4.69. The number of hydrogen-bond acceptors (Lipinski definition) is 0. The molecule has 0 aromatic rings. The van der Waals surface area contributed by atoms with Gasteiger partial charge in [0, 0.05) is 0 Å². The van der Waals surface area contributed by atoms with Crippen molar-refractivity contribution < 1.29 is 0 Å². The lowest BCUT2D eigenvalue weighted by molar-refractivity contribution is 0.388. The van der Waals surface area contributed by atoms with Crippen molar-refractivity contribution in [3.63, 3.8) is 0 Å². The van der Waals surface area contributed by atoms with Crippen molar-refractivity contribution in [3.05, 3.63) is 24.8 Å². The van der Waals surface area contributed by atoms with Crippen LogP contribution in [0.1, 0.15) is 32.6 Å². The molecule has 0 nitrogen and oxygen atoms in total. The molecule has 0 N–H and O–H groups in total. The first-order chi connectivity index (χ1) is 6.26. The Morgan fingerprint density at radius 2 is 2.38 bits per heavy atom. The summed E-state index contributed by atoms with van der Waals surface area (Å²) >= 11 is 0. The van der Waals surface area contributed by atoms with Crippen LogP contribution in [0.5, 0.6) is 0 Å². The van der Waals surface area contributed by atoms with E-state index in [1.54, 1.807) is 6.08 Å². The van der Waals surface area contributed by atoms with Gasteiger partial charge in [0.15, 0.2) is 0 Å². The van der Waals surface area contributed by atoms with Crippen molar-refractivity contribution in [3.8, 4) is 0 Å². The Bertz CT molecular complexity index is 195. The summed E-state index contributed by atoms with van der Waals surface area (Å²) in [6, 6.07) is 0. The van der Waals surface area contributed by atoms with E-state index in [0.29, 0.717) is 11.7 Å². The van der Waals surface area contributed by atoms with Gasteiger partial charge in [0.1, 0.15) is 0 Å². The molecule has 0 aromatic heterocycles. The molecular formula is C12H19B. The molecule has 2 aliphatic carbocycles. The van der Waals surface area contributed by atoms with Crippen LogP contribution >= 0.6 is 0 Å². The smallest absolute Gasteiger partial charge is 0.0708 e. The summed E-state index contributed by atoms with van der Waals surface area (Å²) in [5, 5.41) is 0. The van der Waals surface area contributed by atoms with Crippen LogP contribution < -0.4 is 0 Å². The van der Waals surface area contributed by atoms with Crippen molar-refractivity contribution in [2.24, 2.45) is 11.3 Å². The topological polar surface area (TPSA) is 0 Å². The van der Waals surface area contributed by atoms with Gasteiger partial charge in [-0.1, -0.05) is 25.4 Å². The van der Waals surface area contributed by atoms with Crippen LogP contribution in [-0.4, -0.2) is 7.85 Å². The van der Waals surface area contributed by atoms with Crippen molar-refractivity contribution in [2.45, 2.75) is 38.9 Å². The van der Waals surface area contributed by atoms with E-state index >= 15 is 0 Å². The molecule has 0 aromatic carbocycles. The third-order valence-corrected chi connectivity index (χ3v) is 3.27. The highest BCUT2D eigenvalue weighted by Crippen LogP contribution is 2.50. The minimum Gasteiger partial charge on any atom is -0.104 e. The second-order valence-electron chi connectivity index (χ2n) is 4.10. The molecule has 0 saturated heterocycles. The molecule has 0 amide bonds. The number of allylic oxidation sites excluding steroid dienone is 3. The Labute approximate surface area is 83.5 Å². The minimum absolute atomic E-state index is 0.583. The van der Waals surface area contributed by atoms with Crippen LogP contribution in [-0.2, 0) is 0 Å². The highest BCUT2D eigenvalue weighted by Gasteiger charge is 2.38. The lowest BCUT2D eigenvalue weighted by atomic mass is 9.85. The molecule has 13 heavy (non-hydrogen) atoms. The zero-order valence-electron chi connectivity index (χ0n) is 8.63. The summed E-state index contributed by atoms with van der Waals surface area (Å²) in [6.07, 6.45) is 12.9. The highest BCUT2D eigenvalue weighted by molar-refractivity contribution is 6.09. The highest BCUT2D eigenvalue weighted by atomic mass is 14.4. The van der Waals surface area contributed by atoms with E-state index in [-0.39, 0.29) is 0 Å². The van der Waals surface area contributed by atoms with Gasteiger partial charge in [-0.3, -0.25) is 0 Å². The maximum absolute atomic E-state index is 4.91. The van der Waals surface area contributed by atoms with Crippen LogP contribution in [0.25, 0.3) is 0 Å². The SMILES string of the molecule is CCC12C=CC(CC1)C2.[B]CC=C. The van der Waals surface area contributed by atoms with Crippen LogP contribution in [0.15, 0.2) is 24.8 Å². The van der Waals surface area contributed by atoms with E-state index in [1.165, 1.54) is 25.7 Å². The fourth-order valence-electron chi connectivity index (χ4n) is 2.29. The quantitative estimate of drug-likeness (QED) is 0.443. The number of rotatable bonds is 2. The number of hydrogen-bond donors (Lipinski definition) is 0. The van der Waals surface area contributed by atoms with Gasteiger partial charge >= 0.3 is 0 Å². The van der Waals surface area contributed by atoms with E-state index < -0.39 is 0 Å². The van der Waals surface area contributed by atoms with Crippen molar-refractivity contribution in [1.82, 2.24) is 0 Å². The van der Waals surface area contributed by atoms with Gasteiger partial charge < -0.3 is 0 Å². The minimum atomic E-state index is 0.583. The Hall–Kier alpha value is -0.455. The molecule has 2 aliphatic rings. The zero-order chi connectivity index (χ0) is 9.73. The average molecular weight is 174 g/mol. The Kier molecular flexibility index (Phi) is 3.83. The van der Waals surface area contributed by atoms with Crippen LogP contribution in [0, 0.1) is 11.3 Å². The molecule has 0 spiro atoms. The average Bonchev–Trinajstić information content (AvgIpc) is 2.78. The zero-order valence-corrected chi connectivity index (χ0v) is 8.63. The van der Waals surface area contributed by atoms with Gasteiger partial charge in [-0.05, 0) is 37.0 Å². The fourth-order valence-corrected chi connectivity index (χ4v) is 2.29. The molecule has 1 saturated carbocycles. The first kappa shape index (κ1) is 10.6. The lowest BCUT2D eigenvalue weighted by Crippen LogP contribution is -2.08. The van der Waals surface area contributed by atoms with Gasteiger partial charge in [0.2, 0.25) is 0 Å². The van der Waals surface area contributed by atoms with Crippen LogP contribution in [0.4, 0.5) is 0 Å². The molecule has 0 heterocycles.